The van der Waals surface area contributed by atoms with Gasteiger partial charge in [-0.3, -0.25) is 9.78 Å². The minimum atomic E-state index is -0.216. The first-order valence-corrected chi connectivity index (χ1v) is 7.99. The van der Waals surface area contributed by atoms with Crippen LogP contribution >= 0.6 is 0 Å². The monoisotopic (exact) mass is 313 g/mol. The van der Waals surface area contributed by atoms with E-state index in [-0.39, 0.29) is 5.91 Å². The summed E-state index contributed by atoms with van der Waals surface area (Å²) >= 11 is 0. The fourth-order valence-electron chi connectivity index (χ4n) is 2.29. The minimum absolute atomic E-state index is 0.216. The number of amides is 1. The van der Waals surface area contributed by atoms with Gasteiger partial charge in [0, 0.05) is 25.4 Å². The van der Waals surface area contributed by atoms with E-state index in [0.717, 1.165) is 37.4 Å². The number of rotatable bonds is 8. The van der Waals surface area contributed by atoms with Crippen molar-refractivity contribution in [1.29, 1.82) is 0 Å². The minimum Gasteiger partial charge on any atom is -0.357 e. The molecule has 0 aliphatic carbocycles. The van der Waals surface area contributed by atoms with Crippen molar-refractivity contribution >= 4 is 11.7 Å². The third-order valence-corrected chi connectivity index (χ3v) is 3.35. The molecule has 1 amide bonds. The first-order chi connectivity index (χ1) is 11.2. The van der Waals surface area contributed by atoms with Gasteiger partial charge in [0.25, 0.3) is 5.91 Å². The number of aromatic nitrogens is 3. The number of hydrogen-bond acceptors (Lipinski definition) is 5. The van der Waals surface area contributed by atoms with Crippen LogP contribution in [0.25, 0.3) is 0 Å². The molecule has 2 rings (SSSR count). The van der Waals surface area contributed by atoms with Gasteiger partial charge in [0.1, 0.15) is 17.8 Å². The van der Waals surface area contributed by atoms with E-state index in [2.05, 4.69) is 39.0 Å². The lowest BCUT2D eigenvalue weighted by atomic mass is 10.3. The Balaban J connectivity index is 2.04. The molecule has 0 radical (unpaired) electrons. The van der Waals surface area contributed by atoms with Crippen LogP contribution in [0.4, 0.5) is 5.82 Å². The molecule has 2 aromatic heterocycles. The maximum absolute atomic E-state index is 12.3. The number of carbonyl (C=O) groups is 1. The molecular weight excluding hydrogens is 290 g/mol. The molecule has 6 heteroatoms. The highest BCUT2D eigenvalue weighted by molar-refractivity contribution is 5.92. The fourth-order valence-corrected chi connectivity index (χ4v) is 2.29. The van der Waals surface area contributed by atoms with Crippen LogP contribution in [0.1, 0.15) is 42.9 Å². The Morgan fingerprint density at radius 3 is 2.57 bits per heavy atom. The summed E-state index contributed by atoms with van der Waals surface area (Å²) in [5.41, 5.74) is 1.19. The fraction of sp³-hybridized carbons (Fsp3) is 0.412. The maximum atomic E-state index is 12.3. The van der Waals surface area contributed by atoms with Crippen molar-refractivity contribution < 1.29 is 4.79 Å². The van der Waals surface area contributed by atoms with Crippen molar-refractivity contribution in [3.8, 4) is 0 Å². The molecule has 0 saturated heterocycles. The molecule has 0 fully saturated rings. The van der Waals surface area contributed by atoms with Gasteiger partial charge in [-0.1, -0.05) is 19.9 Å². The summed E-state index contributed by atoms with van der Waals surface area (Å²) in [4.78, 5) is 27.0. The summed E-state index contributed by atoms with van der Waals surface area (Å²) in [7, 11) is 0. The van der Waals surface area contributed by atoms with E-state index >= 15 is 0 Å². The normalized spacial score (nSPS) is 10.3. The molecule has 0 atom stereocenters. The van der Waals surface area contributed by atoms with E-state index in [1.165, 1.54) is 6.33 Å². The van der Waals surface area contributed by atoms with Gasteiger partial charge in [0.15, 0.2) is 0 Å². The molecule has 0 spiro atoms. The lowest BCUT2D eigenvalue weighted by Crippen LogP contribution is -2.28. The molecule has 0 aliphatic heterocycles. The first kappa shape index (κ1) is 16.9. The summed E-state index contributed by atoms with van der Waals surface area (Å²) in [5, 5.41) is 2.84. The van der Waals surface area contributed by atoms with E-state index in [1.54, 1.807) is 12.3 Å². The topological polar surface area (TPSA) is 71.0 Å². The maximum Gasteiger partial charge on any atom is 0.270 e. The van der Waals surface area contributed by atoms with Gasteiger partial charge < -0.3 is 10.2 Å². The van der Waals surface area contributed by atoms with Gasteiger partial charge in [-0.25, -0.2) is 9.97 Å². The predicted octanol–water partition coefficient (Wildman–Crippen LogP) is 2.43. The molecule has 0 aromatic carbocycles. The second-order valence-corrected chi connectivity index (χ2v) is 5.25. The van der Waals surface area contributed by atoms with Gasteiger partial charge in [0.2, 0.25) is 0 Å². The second kappa shape index (κ2) is 8.82. The van der Waals surface area contributed by atoms with Crippen LogP contribution in [0.3, 0.4) is 0 Å². The van der Waals surface area contributed by atoms with Gasteiger partial charge in [-0.15, -0.1) is 0 Å². The molecule has 6 nitrogen and oxygen atoms in total. The Labute approximate surface area is 137 Å². The van der Waals surface area contributed by atoms with Crippen LogP contribution in [0.15, 0.2) is 36.8 Å². The standard InChI is InChI=1S/C17H23N5O/c1-3-9-22(10-4-2)16-11-15(20-13-21-16)17(23)19-12-14-7-5-6-8-18-14/h5-8,11,13H,3-4,9-10,12H2,1-2H3,(H,19,23). The molecule has 0 saturated carbocycles. The Bertz CT molecular complexity index is 611. The van der Waals surface area contributed by atoms with Crippen molar-refractivity contribution in [2.45, 2.75) is 33.2 Å². The summed E-state index contributed by atoms with van der Waals surface area (Å²) in [6.07, 6.45) is 5.22. The number of anilines is 1. The highest BCUT2D eigenvalue weighted by Crippen LogP contribution is 2.12. The molecule has 23 heavy (non-hydrogen) atoms. The number of nitrogens with one attached hydrogen (secondary N) is 1. The Hall–Kier alpha value is -2.50. The SMILES string of the molecule is CCCN(CCC)c1cc(C(=O)NCc2ccccn2)ncn1. The zero-order valence-electron chi connectivity index (χ0n) is 13.7. The molecule has 0 bridgehead atoms. The van der Waals surface area contributed by atoms with Gasteiger partial charge in [-0.05, 0) is 25.0 Å². The van der Waals surface area contributed by atoms with Gasteiger partial charge >= 0.3 is 0 Å². The van der Waals surface area contributed by atoms with Crippen LogP contribution in [0.2, 0.25) is 0 Å². The molecule has 0 aliphatic rings. The summed E-state index contributed by atoms with van der Waals surface area (Å²) in [5.74, 6) is 0.582. The van der Waals surface area contributed by atoms with E-state index < -0.39 is 0 Å². The van der Waals surface area contributed by atoms with Gasteiger partial charge in [-0.2, -0.15) is 0 Å². The third kappa shape index (κ3) is 5.02. The van der Waals surface area contributed by atoms with E-state index in [4.69, 9.17) is 0 Å². The van der Waals surface area contributed by atoms with Crippen molar-refractivity contribution in [1.82, 2.24) is 20.3 Å². The van der Waals surface area contributed by atoms with Crippen molar-refractivity contribution in [2.24, 2.45) is 0 Å². The molecule has 2 aromatic rings. The average molecular weight is 313 g/mol. The van der Waals surface area contributed by atoms with Crippen LogP contribution in [0.5, 0.6) is 0 Å². The van der Waals surface area contributed by atoms with Crippen LogP contribution in [-0.4, -0.2) is 33.9 Å². The average Bonchev–Trinajstić information content (AvgIpc) is 2.60. The van der Waals surface area contributed by atoms with Gasteiger partial charge in [0.05, 0.1) is 12.2 Å². The molecule has 1 N–H and O–H groups in total. The van der Waals surface area contributed by atoms with Crippen molar-refractivity contribution in [3.05, 3.63) is 48.2 Å². The number of carbonyl (C=O) groups excluding carboxylic acids is 1. The van der Waals surface area contributed by atoms with E-state index in [0.29, 0.717) is 12.2 Å². The lowest BCUT2D eigenvalue weighted by molar-refractivity contribution is 0.0945. The molecule has 2 heterocycles. The van der Waals surface area contributed by atoms with Crippen molar-refractivity contribution in [2.75, 3.05) is 18.0 Å². The van der Waals surface area contributed by atoms with Crippen LogP contribution < -0.4 is 10.2 Å². The highest BCUT2D eigenvalue weighted by atomic mass is 16.1. The largest absolute Gasteiger partial charge is 0.357 e. The van der Waals surface area contributed by atoms with Crippen molar-refractivity contribution in [3.63, 3.8) is 0 Å². The molecule has 0 unspecified atom stereocenters. The van der Waals surface area contributed by atoms with E-state index in [1.807, 2.05) is 18.2 Å². The Morgan fingerprint density at radius 1 is 1.13 bits per heavy atom. The Kier molecular flexibility index (Phi) is 6.47. The number of nitrogens with zero attached hydrogens (tertiary/aromatic N) is 4. The third-order valence-electron chi connectivity index (χ3n) is 3.35. The highest BCUT2D eigenvalue weighted by Gasteiger charge is 2.12. The van der Waals surface area contributed by atoms with Crippen LogP contribution in [0, 0.1) is 0 Å². The van der Waals surface area contributed by atoms with Crippen LogP contribution in [-0.2, 0) is 6.54 Å². The predicted molar refractivity (Wildman–Crippen MR) is 90.2 cm³/mol. The number of hydrogen-bond donors (Lipinski definition) is 1. The van der Waals surface area contributed by atoms with E-state index in [9.17, 15) is 4.79 Å². The second-order valence-electron chi connectivity index (χ2n) is 5.25. The first-order valence-electron chi connectivity index (χ1n) is 7.99. The summed E-state index contributed by atoms with van der Waals surface area (Å²) in [6, 6.07) is 7.36. The zero-order chi connectivity index (χ0) is 16.5. The lowest BCUT2D eigenvalue weighted by Gasteiger charge is -2.22. The smallest absolute Gasteiger partial charge is 0.270 e. The Morgan fingerprint density at radius 2 is 1.91 bits per heavy atom. The molecular formula is C17H23N5O. The number of pyridine rings is 1. The summed E-state index contributed by atoms with van der Waals surface area (Å²) in [6.45, 7) is 6.47. The summed E-state index contributed by atoms with van der Waals surface area (Å²) < 4.78 is 0. The molecule has 122 valence electrons. The quantitative estimate of drug-likeness (QED) is 0.810. The zero-order valence-corrected chi connectivity index (χ0v) is 13.7.